The van der Waals surface area contributed by atoms with E-state index < -0.39 is 11.7 Å². The molecule has 4 nitrogen and oxygen atoms in total. The smallest absolute Gasteiger partial charge is 0.230 e. The molecule has 3 N–H and O–H groups in total. The maximum Gasteiger partial charge on any atom is 0.230 e. The highest BCUT2D eigenvalue weighted by atomic mass is 35.5. The molecule has 0 saturated heterocycles. The van der Waals surface area contributed by atoms with Crippen molar-refractivity contribution in [3.8, 4) is 0 Å². The zero-order valence-corrected chi connectivity index (χ0v) is 10.6. The number of carbonyl (C=O) groups is 1. The fourth-order valence-corrected chi connectivity index (χ4v) is 1.76. The first kappa shape index (κ1) is 13.3. The van der Waals surface area contributed by atoms with Crippen LogP contribution in [-0.4, -0.2) is 10.9 Å². The Morgan fingerprint density at radius 3 is 2.79 bits per heavy atom. The van der Waals surface area contributed by atoms with Gasteiger partial charge >= 0.3 is 0 Å². The van der Waals surface area contributed by atoms with Crippen LogP contribution in [0.1, 0.15) is 5.56 Å². The number of nitrogens with two attached hydrogens (primary N) is 1. The van der Waals surface area contributed by atoms with Gasteiger partial charge in [-0.05, 0) is 24.3 Å². The predicted octanol–water partition coefficient (Wildman–Crippen LogP) is 2.64. The summed E-state index contributed by atoms with van der Waals surface area (Å²) in [5.41, 5.74) is 6.14. The molecule has 0 bridgehead atoms. The molecule has 98 valence electrons. The second-order valence-corrected chi connectivity index (χ2v) is 4.31. The number of rotatable bonds is 3. The van der Waals surface area contributed by atoms with E-state index in [0.29, 0.717) is 11.5 Å². The zero-order chi connectivity index (χ0) is 13.8. The zero-order valence-electron chi connectivity index (χ0n) is 9.86. The normalized spacial score (nSPS) is 10.2. The van der Waals surface area contributed by atoms with Gasteiger partial charge in [0, 0.05) is 10.6 Å². The minimum absolute atomic E-state index is 0.155. The standard InChI is InChI=1S/C13H11ClFN3O/c14-10-2-1-3-11(15)9(10)6-13(19)18-12-5-4-8(16)7-17-12/h1-5,7H,6,16H2,(H,17,18,19). The number of nitrogens with one attached hydrogen (secondary N) is 1. The van der Waals surface area contributed by atoms with Gasteiger partial charge in [-0.1, -0.05) is 17.7 Å². The number of benzene rings is 1. The van der Waals surface area contributed by atoms with Gasteiger partial charge in [0.05, 0.1) is 18.3 Å². The third-order valence-electron chi connectivity index (χ3n) is 2.45. The first-order chi connectivity index (χ1) is 9.06. The summed E-state index contributed by atoms with van der Waals surface area (Å²) in [6.07, 6.45) is 1.27. The lowest BCUT2D eigenvalue weighted by Crippen LogP contribution is -2.16. The number of halogens is 2. The van der Waals surface area contributed by atoms with E-state index in [1.807, 2.05) is 0 Å². The molecule has 1 amide bonds. The first-order valence-electron chi connectivity index (χ1n) is 5.50. The lowest BCUT2D eigenvalue weighted by Gasteiger charge is -2.07. The van der Waals surface area contributed by atoms with E-state index in [4.69, 9.17) is 17.3 Å². The van der Waals surface area contributed by atoms with Crippen LogP contribution in [0.2, 0.25) is 5.02 Å². The third-order valence-corrected chi connectivity index (χ3v) is 2.81. The second kappa shape index (κ2) is 5.67. The summed E-state index contributed by atoms with van der Waals surface area (Å²) in [5, 5.41) is 2.76. The highest BCUT2D eigenvalue weighted by molar-refractivity contribution is 6.31. The molecule has 1 heterocycles. The average molecular weight is 280 g/mol. The number of aromatic nitrogens is 1. The van der Waals surface area contributed by atoms with Gasteiger partial charge in [-0.3, -0.25) is 4.79 Å². The molecule has 2 aromatic rings. The summed E-state index contributed by atoms with van der Waals surface area (Å²) < 4.78 is 13.5. The van der Waals surface area contributed by atoms with E-state index in [0.717, 1.165) is 0 Å². The predicted molar refractivity (Wildman–Crippen MR) is 72.4 cm³/mol. The SMILES string of the molecule is Nc1ccc(NC(=O)Cc2c(F)cccc2Cl)nc1. The Morgan fingerprint density at radius 1 is 1.37 bits per heavy atom. The minimum Gasteiger partial charge on any atom is -0.397 e. The van der Waals surface area contributed by atoms with E-state index in [1.165, 1.54) is 24.4 Å². The van der Waals surface area contributed by atoms with Gasteiger partial charge in [0.15, 0.2) is 0 Å². The Labute approximate surface area is 114 Å². The number of amides is 1. The van der Waals surface area contributed by atoms with Crippen LogP contribution in [0.5, 0.6) is 0 Å². The summed E-state index contributed by atoms with van der Waals surface area (Å²) in [6, 6.07) is 7.46. The number of anilines is 2. The maximum atomic E-state index is 13.5. The van der Waals surface area contributed by atoms with Crippen molar-refractivity contribution in [2.45, 2.75) is 6.42 Å². The molecular formula is C13H11ClFN3O. The molecule has 0 radical (unpaired) electrons. The molecule has 0 aliphatic carbocycles. The van der Waals surface area contributed by atoms with Gasteiger partial charge in [-0.2, -0.15) is 0 Å². The van der Waals surface area contributed by atoms with Gasteiger partial charge in [0.1, 0.15) is 11.6 Å². The Morgan fingerprint density at radius 2 is 2.16 bits per heavy atom. The van der Waals surface area contributed by atoms with Crippen molar-refractivity contribution in [3.63, 3.8) is 0 Å². The van der Waals surface area contributed by atoms with Crippen LogP contribution in [-0.2, 0) is 11.2 Å². The van der Waals surface area contributed by atoms with E-state index in [-0.39, 0.29) is 17.0 Å². The van der Waals surface area contributed by atoms with Crippen LogP contribution < -0.4 is 11.1 Å². The molecule has 0 spiro atoms. The third kappa shape index (κ3) is 3.42. The molecule has 6 heteroatoms. The van der Waals surface area contributed by atoms with E-state index in [1.54, 1.807) is 12.1 Å². The summed E-state index contributed by atoms with van der Waals surface area (Å²) >= 11 is 5.85. The Kier molecular flexibility index (Phi) is 3.97. The average Bonchev–Trinajstić information content (AvgIpc) is 2.37. The Balaban J connectivity index is 2.07. The summed E-state index contributed by atoms with van der Waals surface area (Å²) in [7, 11) is 0. The van der Waals surface area contributed by atoms with E-state index >= 15 is 0 Å². The molecule has 1 aromatic carbocycles. The Bertz CT molecular complexity index is 581. The van der Waals surface area contributed by atoms with E-state index in [9.17, 15) is 9.18 Å². The first-order valence-corrected chi connectivity index (χ1v) is 5.88. The van der Waals surface area contributed by atoms with Crippen molar-refractivity contribution in [2.24, 2.45) is 0 Å². The molecular weight excluding hydrogens is 269 g/mol. The van der Waals surface area contributed by atoms with Crippen LogP contribution in [0, 0.1) is 5.82 Å². The molecule has 0 aliphatic heterocycles. The number of carbonyl (C=O) groups excluding carboxylic acids is 1. The fourth-order valence-electron chi connectivity index (χ4n) is 1.53. The van der Waals surface area contributed by atoms with Crippen molar-refractivity contribution in [1.82, 2.24) is 4.98 Å². The molecule has 0 unspecified atom stereocenters. The van der Waals surface area contributed by atoms with Crippen molar-refractivity contribution in [3.05, 3.63) is 52.9 Å². The molecule has 2 rings (SSSR count). The molecule has 19 heavy (non-hydrogen) atoms. The lowest BCUT2D eigenvalue weighted by atomic mass is 10.1. The molecule has 0 fully saturated rings. The molecule has 0 aliphatic rings. The quantitative estimate of drug-likeness (QED) is 0.907. The van der Waals surface area contributed by atoms with Crippen molar-refractivity contribution in [1.29, 1.82) is 0 Å². The van der Waals surface area contributed by atoms with E-state index in [2.05, 4.69) is 10.3 Å². The molecule has 0 atom stereocenters. The van der Waals surface area contributed by atoms with Gasteiger partial charge in [-0.15, -0.1) is 0 Å². The number of hydrogen-bond acceptors (Lipinski definition) is 3. The maximum absolute atomic E-state index is 13.5. The van der Waals surface area contributed by atoms with Gasteiger partial charge in [0.25, 0.3) is 0 Å². The van der Waals surface area contributed by atoms with Gasteiger partial charge in [0.2, 0.25) is 5.91 Å². The van der Waals surface area contributed by atoms with Crippen molar-refractivity contribution < 1.29 is 9.18 Å². The van der Waals surface area contributed by atoms with Crippen LogP contribution >= 0.6 is 11.6 Å². The van der Waals surface area contributed by atoms with Gasteiger partial charge in [-0.25, -0.2) is 9.37 Å². The largest absolute Gasteiger partial charge is 0.397 e. The van der Waals surface area contributed by atoms with Crippen LogP contribution in [0.4, 0.5) is 15.9 Å². The molecule has 0 saturated carbocycles. The summed E-state index contributed by atoms with van der Waals surface area (Å²) in [5.74, 6) is -0.552. The van der Waals surface area contributed by atoms with Crippen molar-refractivity contribution in [2.75, 3.05) is 11.1 Å². The summed E-state index contributed by atoms with van der Waals surface area (Å²) in [4.78, 5) is 15.7. The fraction of sp³-hybridized carbons (Fsp3) is 0.0769. The number of nitrogens with zero attached hydrogens (tertiary/aromatic N) is 1. The number of pyridine rings is 1. The lowest BCUT2D eigenvalue weighted by molar-refractivity contribution is -0.115. The topological polar surface area (TPSA) is 68.0 Å². The van der Waals surface area contributed by atoms with Gasteiger partial charge < -0.3 is 11.1 Å². The number of nitrogen functional groups attached to an aromatic ring is 1. The highest BCUT2D eigenvalue weighted by Gasteiger charge is 2.12. The van der Waals surface area contributed by atoms with Crippen molar-refractivity contribution >= 4 is 29.0 Å². The highest BCUT2D eigenvalue weighted by Crippen LogP contribution is 2.19. The summed E-state index contributed by atoms with van der Waals surface area (Å²) in [6.45, 7) is 0. The Hall–Kier alpha value is -2.14. The molecule has 1 aromatic heterocycles. The number of hydrogen-bond donors (Lipinski definition) is 2. The van der Waals surface area contributed by atoms with Crippen LogP contribution in [0.25, 0.3) is 0 Å². The second-order valence-electron chi connectivity index (χ2n) is 3.90. The van der Waals surface area contributed by atoms with Crippen LogP contribution in [0.3, 0.4) is 0 Å². The minimum atomic E-state index is -0.507. The monoisotopic (exact) mass is 279 g/mol. The van der Waals surface area contributed by atoms with Crippen LogP contribution in [0.15, 0.2) is 36.5 Å².